The average Bonchev–Trinajstić information content (AvgIpc) is 3.22. The lowest BCUT2D eigenvalue weighted by Crippen LogP contribution is -2.75. The number of hydrogen-bond donors (Lipinski definition) is 4. The van der Waals surface area contributed by atoms with E-state index < -0.39 is 77.6 Å². The van der Waals surface area contributed by atoms with Gasteiger partial charge in [-0.05, 0) is 40.5 Å². The fourth-order valence-corrected chi connectivity index (χ4v) is 4.29. The molecule has 192 valence electrons. The summed E-state index contributed by atoms with van der Waals surface area (Å²) >= 11 is 0. The van der Waals surface area contributed by atoms with Crippen LogP contribution in [0.1, 0.15) is 47.0 Å². The molecule has 2 amide bonds. The highest BCUT2D eigenvalue weighted by atomic mass is 16.5. The monoisotopic (exact) mass is 486 g/mol. The molecule has 1 aliphatic heterocycles. The summed E-state index contributed by atoms with van der Waals surface area (Å²) in [5, 5.41) is 19.0. The number of Topliss-reactive ketones (excluding diaryl/α,β-unsaturated/α-hetero) is 3. The summed E-state index contributed by atoms with van der Waals surface area (Å²) in [6.07, 6.45) is -3.52. The van der Waals surface area contributed by atoms with Crippen LogP contribution in [0.4, 0.5) is 4.79 Å². The molecule has 13 nitrogen and oxygen atoms in total. The second kappa shape index (κ2) is 11.5. The zero-order valence-electron chi connectivity index (χ0n) is 20.0. The summed E-state index contributed by atoms with van der Waals surface area (Å²) in [6, 6.07) is -5.26. The first-order valence-corrected chi connectivity index (χ1v) is 10.9. The Balaban J connectivity index is 3.77. The standard InChI is InChI=1S/C21H34N4O9/c1-10(2)25(20(32)33)21(16(28)11(3)22,17(29)12(4)23)18(30)13-7-6-8-24(13)19(31)14(34-5)9-15(26)27/h10-14H,6-9,22-23H2,1-5H3,(H,26,27)(H,32,33)/t11-,12-,13-,14?/m0/s1. The van der Waals surface area contributed by atoms with Crippen LogP contribution in [0.25, 0.3) is 0 Å². The van der Waals surface area contributed by atoms with Crippen LogP contribution in [0.15, 0.2) is 0 Å². The van der Waals surface area contributed by atoms with E-state index in [4.69, 9.17) is 21.3 Å². The van der Waals surface area contributed by atoms with Gasteiger partial charge in [0.25, 0.3) is 5.91 Å². The number of carboxylic acids is 1. The lowest BCUT2D eigenvalue weighted by atomic mass is 9.74. The van der Waals surface area contributed by atoms with E-state index in [2.05, 4.69) is 0 Å². The molecule has 0 saturated carbocycles. The van der Waals surface area contributed by atoms with Crippen LogP contribution in [0.3, 0.4) is 0 Å². The summed E-state index contributed by atoms with van der Waals surface area (Å²) in [6.45, 7) is 5.20. The number of nitrogens with two attached hydrogens (primary N) is 2. The minimum Gasteiger partial charge on any atom is -0.481 e. The van der Waals surface area contributed by atoms with E-state index in [1.165, 1.54) is 27.7 Å². The topological polar surface area (TPSA) is 211 Å². The summed E-state index contributed by atoms with van der Waals surface area (Å²) in [4.78, 5) is 78.8. The number of ether oxygens (including phenoxy) is 1. The van der Waals surface area contributed by atoms with Gasteiger partial charge in [0.2, 0.25) is 5.54 Å². The molecule has 0 aromatic carbocycles. The number of carbonyl (C=O) groups excluding carboxylic acids is 4. The van der Waals surface area contributed by atoms with Gasteiger partial charge in [-0.15, -0.1) is 0 Å². The molecule has 34 heavy (non-hydrogen) atoms. The highest BCUT2D eigenvalue weighted by Gasteiger charge is 2.63. The van der Waals surface area contributed by atoms with Crippen molar-refractivity contribution in [2.45, 2.75) is 82.8 Å². The second-order valence-corrected chi connectivity index (χ2v) is 8.64. The maximum absolute atomic E-state index is 14.0. The fraction of sp³-hybridized carbons (Fsp3) is 0.714. The van der Waals surface area contributed by atoms with E-state index in [1.807, 2.05) is 0 Å². The minimum absolute atomic E-state index is 0.0122. The smallest absolute Gasteiger partial charge is 0.409 e. The van der Waals surface area contributed by atoms with Crippen molar-refractivity contribution in [1.29, 1.82) is 0 Å². The van der Waals surface area contributed by atoms with Crippen LogP contribution in [-0.4, -0.2) is 105 Å². The maximum atomic E-state index is 14.0. The van der Waals surface area contributed by atoms with Crippen molar-refractivity contribution in [3.8, 4) is 0 Å². The molecular formula is C21H34N4O9. The Labute approximate surface area is 197 Å². The molecule has 6 N–H and O–H groups in total. The fourth-order valence-electron chi connectivity index (χ4n) is 4.29. The highest BCUT2D eigenvalue weighted by Crippen LogP contribution is 2.32. The molecule has 0 aromatic heterocycles. The molecular weight excluding hydrogens is 452 g/mol. The number of aliphatic carboxylic acids is 1. The van der Waals surface area contributed by atoms with Gasteiger partial charge in [0.05, 0.1) is 24.5 Å². The lowest BCUT2D eigenvalue weighted by Gasteiger charge is -2.44. The number of rotatable bonds is 12. The van der Waals surface area contributed by atoms with E-state index in [9.17, 15) is 33.9 Å². The Kier molecular flexibility index (Phi) is 9.84. The van der Waals surface area contributed by atoms with Crippen molar-refractivity contribution in [1.82, 2.24) is 9.80 Å². The first-order chi connectivity index (χ1) is 15.7. The largest absolute Gasteiger partial charge is 0.481 e. The number of nitrogens with zero attached hydrogens (tertiary/aromatic N) is 2. The maximum Gasteiger partial charge on any atom is 0.409 e. The van der Waals surface area contributed by atoms with Gasteiger partial charge in [-0.3, -0.25) is 28.9 Å². The Morgan fingerprint density at radius 3 is 1.88 bits per heavy atom. The third-order valence-electron chi connectivity index (χ3n) is 5.74. The molecule has 1 unspecified atom stereocenters. The molecule has 1 fully saturated rings. The van der Waals surface area contributed by atoms with Gasteiger partial charge in [-0.1, -0.05) is 0 Å². The summed E-state index contributed by atoms with van der Waals surface area (Å²) < 4.78 is 4.98. The van der Waals surface area contributed by atoms with E-state index in [0.717, 1.165) is 12.0 Å². The number of hydrogen-bond acceptors (Lipinski definition) is 9. The third kappa shape index (κ3) is 5.42. The van der Waals surface area contributed by atoms with Crippen LogP contribution < -0.4 is 11.5 Å². The zero-order chi connectivity index (χ0) is 26.5. The molecule has 0 spiro atoms. The van der Waals surface area contributed by atoms with E-state index >= 15 is 0 Å². The molecule has 1 aliphatic rings. The Morgan fingerprint density at radius 1 is 1.03 bits per heavy atom. The van der Waals surface area contributed by atoms with Crippen LogP contribution in [0.2, 0.25) is 0 Å². The van der Waals surface area contributed by atoms with Crippen molar-refractivity contribution >= 4 is 35.3 Å². The molecule has 13 heteroatoms. The Morgan fingerprint density at radius 2 is 1.53 bits per heavy atom. The number of ketones is 3. The van der Waals surface area contributed by atoms with Crippen LogP contribution >= 0.6 is 0 Å². The van der Waals surface area contributed by atoms with Crippen LogP contribution in [0, 0.1) is 0 Å². The van der Waals surface area contributed by atoms with E-state index in [1.54, 1.807) is 0 Å². The van der Waals surface area contributed by atoms with Crippen molar-refractivity contribution in [2.24, 2.45) is 11.5 Å². The molecule has 0 aromatic rings. The van der Waals surface area contributed by atoms with Gasteiger partial charge in [0.1, 0.15) is 6.10 Å². The number of carbonyl (C=O) groups is 6. The normalized spacial score (nSPS) is 18.8. The van der Waals surface area contributed by atoms with Crippen LogP contribution in [-0.2, 0) is 28.7 Å². The minimum atomic E-state index is -2.90. The summed E-state index contributed by atoms with van der Waals surface area (Å²) in [5.41, 5.74) is 8.65. The number of likely N-dealkylation sites (tertiary alicyclic amines) is 1. The number of carboxylic acid groups (broad SMARTS) is 2. The molecule has 1 saturated heterocycles. The van der Waals surface area contributed by atoms with Gasteiger partial charge in [0.15, 0.2) is 17.3 Å². The second-order valence-electron chi connectivity index (χ2n) is 8.64. The predicted octanol–water partition coefficient (Wildman–Crippen LogP) is -1.00. The van der Waals surface area contributed by atoms with E-state index in [-0.39, 0.29) is 19.4 Å². The summed E-state index contributed by atoms with van der Waals surface area (Å²) in [5.74, 6) is -5.62. The Hall–Kier alpha value is -2.90. The van der Waals surface area contributed by atoms with Gasteiger partial charge < -0.3 is 31.3 Å². The van der Waals surface area contributed by atoms with E-state index in [0.29, 0.717) is 4.90 Å². The third-order valence-corrected chi connectivity index (χ3v) is 5.74. The Bertz CT molecular complexity index is 820. The van der Waals surface area contributed by atoms with Crippen molar-refractivity contribution in [2.75, 3.05) is 13.7 Å². The first kappa shape index (κ1) is 29.1. The predicted molar refractivity (Wildman–Crippen MR) is 118 cm³/mol. The van der Waals surface area contributed by atoms with Gasteiger partial charge in [-0.25, -0.2) is 4.79 Å². The molecule has 1 heterocycles. The molecule has 0 bridgehead atoms. The molecule has 4 atom stereocenters. The van der Waals surface area contributed by atoms with Gasteiger partial charge in [-0.2, -0.15) is 0 Å². The van der Waals surface area contributed by atoms with Crippen molar-refractivity contribution in [3.05, 3.63) is 0 Å². The first-order valence-electron chi connectivity index (χ1n) is 10.9. The van der Waals surface area contributed by atoms with Crippen molar-refractivity contribution < 1.29 is 43.7 Å². The lowest BCUT2D eigenvalue weighted by molar-refractivity contribution is -0.159. The number of amides is 2. The summed E-state index contributed by atoms with van der Waals surface area (Å²) in [7, 11) is 1.13. The van der Waals surface area contributed by atoms with Crippen molar-refractivity contribution in [3.63, 3.8) is 0 Å². The average molecular weight is 487 g/mol. The molecule has 0 aliphatic carbocycles. The quantitative estimate of drug-likeness (QED) is 0.246. The van der Waals surface area contributed by atoms with Gasteiger partial charge >= 0.3 is 12.1 Å². The SMILES string of the molecule is COC(CC(=O)O)C(=O)N1CCC[C@H]1C(=O)C(C(=O)[C@H](C)N)(C(=O)[C@H](C)N)N(C(=O)O)C(C)C. The number of methoxy groups -OCH3 is 1. The molecule has 0 radical (unpaired) electrons. The zero-order valence-corrected chi connectivity index (χ0v) is 20.0. The molecule has 1 rings (SSSR count). The van der Waals surface area contributed by atoms with Gasteiger partial charge in [0, 0.05) is 19.7 Å². The van der Waals surface area contributed by atoms with Crippen LogP contribution in [0.5, 0.6) is 0 Å². The highest BCUT2D eigenvalue weighted by molar-refractivity contribution is 6.33.